The van der Waals surface area contributed by atoms with Crippen molar-refractivity contribution in [3.63, 3.8) is 0 Å². The molecule has 1 aromatic heterocycles. The highest BCUT2D eigenvalue weighted by molar-refractivity contribution is 6.54. The highest BCUT2D eigenvalue weighted by atomic mass is 35.5. The number of nitrogens with zero attached hydrogens (tertiary/aromatic N) is 3. The van der Waals surface area contributed by atoms with E-state index in [-0.39, 0.29) is 5.91 Å². The third kappa shape index (κ3) is 3.13. The van der Waals surface area contributed by atoms with Crippen molar-refractivity contribution in [2.24, 2.45) is 4.99 Å². The maximum Gasteiger partial charge on any atom is 0.277 e. The van der Waals surface area contributed by atoms with Crippen molar-refractivity contribution in [3.05, 3.63) is 75.1 Å². The fraction of sp³-hybridized carbons (Fsp3) is 0.150. The molecule has 0 saturated carbocycles. The van der Waals surface area contributed by atoms with Gasteiger partial charge in [-0.1, -0.05) is 46.6 Å². The topological polar surface area (TPSA) is 58.7 Å². The van der Waals surface area contributed by atoms with Crippen molar-refractivity contribution >= 4 is 46.2 Å². The number of aliphatic imine (C=N–C) groups is 1. The van der Waals surface area contributed by atoms with Crippen LogP contribution in [0.3, 0.4) is 0 Å². The summed E-state index contributed by atoms with van der Waals surface area (Å²) in [5, 5.41) is 4.81. The molecule has 3 aromatic rings. The number of aryl methyl sites for hydroxylation is 2. The number of anilines is 1. The van der Waals surface area contributed by atoms with E-state index < -0.39 is 0 Å². The number of carbonyl (C=O) groups excluding carboxylic acids is 1. The molecule has 2 aromatic carbocycles. The van der Waals surface area contributed by atoms with E-state index in [1.807, 2.05) is 38.1 Å². The van der Waals surface area contributed by atoms with Crippen LogP contribution in [0, 0.1) is 13.8 Å². The number of benzene rings is 2. The summed E-state index contributed by atoms with van der Waals surface area (Å²) in [5.41, 5.74) is 4.20. The normalized spacial score (nSPS) is 14.9. The Bertz CT molecular complexity index is 1070. The Balaban J connectivity index is 1.77. The second-order valence-electron chi connectivity index (χ2n) is 6.27. The Kier molecular flexibility index (Phi) is 4.50. The molecule has 27 heavy (non-hydrogen) atoms. The van der Waals surface area contributed by atoms with Crippen molar-refractivity contribution in [1.82, 2.24) is 5.16 Å². The zero-order valence-electron chi connectivity index (χ0n) is 14.7. The van der Waals surface area contributed by atoms with Gasteiger partial charge < -0.3 is 9.42 Å². The van der Waals surface area contributed by atoms with Gasteiger partial charge in [-0.15, -0.1) is 0 Å². The lowest BCUT2D eigenvalue weighted by Gasteiger charge is -2.16. The molecule has 0 bridgehead atoms. The van der Waals surface area contributed by atoms with E-state index in [1.54, 1.807) is 23.1 Å². The third-order valence-electron chi connectivity index (χ3n) is 4.54. The van der Waals surface area contributed by atoms with Gasteiger partial charge in [0.05, 0.1) is 33.7 Å². The van der Waals surface area contributed by atoms with Crippen LogP contribution < -0.4 is 4.90 Å². The summed E-state index contributed by atoms with van der Waals surface area (Å²) in [6.45, 7) is 4.08. The molecule has 2 heterocycles. The zero-order valence-corrected chi connectivity index (χ0v) is 16.2. The Morgan fingerprint density at radius 2 is 1.89 bits per heavy atom. The molecule has 4 rings (SSSR count). The molecular weight excluding hydrogens is 385 g/mol. The molecule has 0 spiro atoms. The molecule has 136 valence electrons. The predicted molar refractivity (Wildman–Crippen MR) is 106 cm³/mol. The number of halogens is 2. The number of hydrogen-bond acceptors (Lipinski definition) is 4. The molecule has 0 radical (unpaired) electrons. The molecule has 0 fully saturated rings. The summed E-state index contributed by atoms with van der Waals surface area (Å²) >= 11 is 12.0. The Morgan fingerprint density at radius 1 is 1.11 bits per heavy atom. The quantitative estimate of drug-likeness (QED) is 0.602. The van der Waals surface area contributed by atoms with E-state index in [9.17, 15) is 4.79 Å². The average molecular weight is 400 g/mol. The van der Waals surface area contributed by atoms with Crippen LogP contribution in [0.4, 0.5) is 11.4 Å². The van der Waals surface area contributed by atoms with Crippen LogP contribution in [0.2, 0.25) is 10.0 Å². The van der Waals surface area contributed by atoms with Crippen molar-refractivity contribution in [2.45, 2.75) is 20.4 Å². The minimum atomic E-state index is -0.178. The van der Waals surface area contributed by atoms with Crippen LogP contribution in [0.5, 0.6) is 0 Å². The molecular formula is C20H15Cl2N3O2. The molecule has 0 N–H and O–H groups in total. The van der Waals surface area contributed by atoms with Crippen LogP contribution in [-0.2, 0) is 11.3 Å². The second-order valence-corrected chi connectivity index (χ2v) is 7.08. The molecule has 1 amide bonds. The summed E-state index contributed by atoms with van der Waals surface area (Å²) in [7, 11) is 0. The summed E-state index contributed by atoms with van der Waals surface area (Å²) in [5.74, 6) is 0.523. The number of fused-ring (bicyclic) bond motifs is 1. The van der Waals surface area contributed by atoms with Crippen LogP contribution >= 0.6 is 23.2 Å². The van der Waals surface area contributed by atoms with Gasteiger partial charge in [-0.2, -0.15) is 0 Å². The van der Waals surface area contributed by atoms with E-state index in [0.717, 1.165) is 22.5 Å². The Labute approximate surface area is 166 Å². The maximum absolute atomic E-state index is 13.2. The molecule has 7 heteroatoms. The number of amides is 1. The largest absolute Gasteiger partial charge is 0.361 e. The first-order valence-corrected chi connectivity index (χ1v) is 9.08. The maximum atomic E-state index is 13.2. The van der Waals surface area contributed by atoms with Crippen LogP contribution in [0.25, 0.3) is 0 Å². The summed E-state index contributed by atoms with van der Waals surface area (Å²) < 4.78 is 5.23. The lowest BCUT2D eigenvalue weighted by atomic mass is 10.1. The number of hydrogen-bond donors (Lipinski definition) is 0. The first kappa shape index (κ1) is 17.8. The van der Waals surface area contributed by atoms with E-state index in [0.29, 0.717) is 33.7 Å². The van der Waals surface area contributed by atoms with Crippen LogP contribution in [0.1, 0.15) is 22.6 Å². The molecule has 1 aliphatic rings. The molecule has 0 saturated heterocycles. The number of rotatable bonds is 3. The standard InChI is InChI=1S/C20H15Cl2N3O2/c1-11-15(12(2)27-24-11)10-25-18-6-4-3-5-14(18)19(20(25)26)23-13-7-8-16(21)17(22)9-13/h3-9H,10H2,1-2H3/b23-19-. The van der Waals surface area contributed by atoms with Crippen molar-refractivity contribution in [2.75, 3.05) is 4.90 Å². The van der Waals surface area contributed by atoms with E-state index in [2.05, 4.69) is 10.1 Å². The Hall–Kier alpha value is -2.63. The van der Waals surface area contributed by atoms with E-state index >= 15 is 0 Å². The SMILES string of the molecule is Cc1noc(C)c1CN1C(=O)/C(=N\c2ccc(Cl)c(Cl)c2)c2ccccc21. The summed E-state index contributed by atoms with van der Waals surface area (Å²) in [6, 6.07) is 12.6. The first-order chi connectivity index (χ1) is 13.0. The number of para-hydroxylation sites is 1. The number of aromatic nitrogens is 1. The lowest BCUT2D eigenvalue weighted by Crippen LogP contribution is -2.29. The van der Waals surface area contributed by atoms with Crippen LogP contribution in [0.15, 0.2) is 52.0 Å². The monoisotopic (exact) mass is 399 g/mol. The van der Waals surface area contributed by atoms with Crippen molar-refractivity contribution in [1.29, 1.82) is 0 Å². The molecule has 5 nitrogen and oxygen atoms in total. The van der Waals surface area contributed by atoms with Crippen molar-refractivity contribution in [3.8, 4) is 0 Å². The van der Waals surface area contributed by atoms with Gasteiger partial charge in [-0.25, -0.2) is 4.99 Å². The van der Waals surface area contributed by atoms with Gasteiger partial charge in [0.25, 0.3) is 5.91 Å². The zero-order chi connectivity index (χ0) is 19.1. The minimum absolute atomic E-state index is 0.178. The predicted octanol–water partition coefficient (Wildman–Crippen LogP) is 5.27. The lowest BCUT2D eigenvalue weighted by molar-refractivity contribution is -0.112. The van der Waals surface area contributed by atoms with Gasteiger partial charge in [0.2, 0.25) is 0 Å². The highest BCUT2D eigenvalue weighted by Crippen LogP contribution is 2.34. The smallest absolute Gasteiger partial charge is 0.277 e. The molecule has 0 aliphatic carbocycles. The molecule has 0 unspecified atom stereocenters. The van der Waals surface area contributed by atoms with Gasteiger partial charge in [0.1, 0.15) is 11.5 Å². The minimum Gasteiger partial charge on any atom is -0.361 e. The first-order valence-electron chi connectivity index (χ1n) is 8.32. The molecule has 1 aliphatic heterocycles. The van der Waals surface area contributed by atoms with Gasteiger partial charge in [0.15, 0.2) is 0 Å². The fourth-order valence-electron chi connectivity index (χ4n) is 3.10. The average Bonchev–Trinajstić information content (AvgIpc) is 3.11. The van der Waals surface area contributed by atoms with Gasteiger partial charge in [-0.3, -0.25) is 4.79 Å². The van der Waals surface area contributed by atoms with Gasteiger partial charge >= 0.3 is 0 Å². The number of carbonyl (C=O) groups is 1. The third-order valence-corrected chi connectivity index (χ3v) is 5.28. The summed E-state index contributed by atoms with van der Waals surface area (Å²) in [6.07, 6.45) is 0. The molecule has 0 atom stereocenters. The fourth-order valence-corrected chi connectivity index (χ4v) is 3.39. The van der Waals surface area contributed by atoms with Gasteiger partial charge in [-0.05, 0) is 38.1 Å². The van der Waals surface area contributed by atoms with Gasteiger partial charge in [0, 0.05) is 11.1 Å². The van der Waals surface area contributed by atoms with E-state index in [4.69, 9.17) is 27.7 Å². The second kappa shape index (κ2) is 6.83. The van der Waals surface area contributed by atoms with Crippen LogP contribution in [-0.4, -0.2) is 16.8 Å². The summed E-state index contributed by atoms with van der Waals surface area (Å²) in [4.78, 5) is 19.4. The van der Waals surface area contributed by atoms with E-state index in [1.165, 1.54) is 0 Å². The Morgan fingerprint density at radius 3 is 2.59 bits per heavy atom. The highest BCUT2D eigenvalue weighted by Gasteiger charge is 2.34. The van der Waals surface area contributed by atoms with Crippen molar-refractivity contribution < 1.29 is 9.32 Å².